The van der Waals surface area contributed by atoms with Gasteiger partial charge >= 0.3 is 59.9 Å². The summed E-state index contributed by atoms with van der Waals surface area (Å²) in [5, 5.41) is 3.64. The molecule has 0 unspecified atom stereocenters. The monoisotopic (exact) mass is 784 g/mol. The average Bonchev–Trinajstić information content (AvgIpc) is 2.90. The topological polar surface area (TPSA) is 95.1 Å². The van der Waals surface area contributed by atoms with Gasteiger partial charge in [0.15, 0.2) is 5.75 Å². The molecule has 0 spiro atoms. The number of rotatable bonds is 11. The molecule has 2 N–H and O–H groups in total. The van der Waals surface area contributed by atoms with Gasteiger partial charge in [0, 0.05) is 12.1 Å². The maximum Gasteiger partial charge on any atom is 0.460 e. The summed E-state index contributed by atoms with van der Waals surface area (Å²) in [6.07, 6.45) is -10.8. The molecule has 0 fully saturated rings. The van der Waals surface area contributed by atoms with Crippen molar-refractivity contribution in [3.8, 4) is 11.5 Å². The SMILES string of the molecule is COc1cc(NC(=O)OC(C)(C)C)c(OC(F)=C(F)C(F)(F)C(F)(F)C(F)(F)C(F)(F)C(F)(F)C(F)(F)C(F)(F)F)cc1NC(=O)OC(C)(C)C. The Morgan fingerprint density at radius 1 is 0.549 bits per heavy atom. The van der Waals surface area contributed by atoms with E-state index in [4.69, 9.17) is 14.2 Å². The first-order valence-electron chi connectivity index (χ1n) is 13.1. The van der Waals surface area contributed by atoms with Crippen molar-refractivity contribution in [2.45, 2.75) is 94.5 Å². The van der Waals surface area contributed by atoms with Gasteiger partial charge in [-0.05, 0) is 41.5 Å². The molecule has 25 heteroatoms. The van der Waals surface area contributed by atoms with Gasteiger partial charge in [0.1, 0.15) is 17.0 Å². The Kier molecular flexibility index (Phi) is 12.2. The first kappa shape index (κ1) is 44.9. The third-order valence-electron chi connectivity index (χ3n) is 5.55. The smallest absolute Gasteiger partial charge is 0.460 e. The summed E-state index contributed by atoms with van der Waals surface area (Å²) >= 11 is 0. The van der Waals surface area contributed by atoms with Crippen LogP contribution in [0.4, 0.5) is 95.6 Å². The molecule has 0 heterocycles. The van der Waals surface area contributed by atoms with Gasteiger partial charge in [-0.1, -0.05) is 0 Å². The van der Waals surface area contributed by atoms with Gasteiger partial charge in [0.2, 0.25) is 5.83 Å². The highest BCUT2D eigenvalue weighted by Crippen LogP contribution is 2.63. The molecule has 0 atom stereocenters. The van der Waals surface area contributed by atoms with Crippen LogP contribution in [0.15, 0.2) is 24.0 Å². The zero-order valence-electron chi connectivity index (χ0n) is 26.5. The van der Waals surface area contributed by atoms with E-state index in [-0.39, 0.29) is 6.07 Å². The van der Waals surface area contributed by atoms with Crippen molar-refractivity contribution in [2.75, 3.05) is 17.7 Å². The lowest BCUT2D eigenvalue weighted by molar-refractivity contribution is -0.451. The van der Waals surface area contributed by atoms with Crippen LogP contribution in [0.1, 0.15) is 41.5 Å². The molecule has 0 aromatic heterocycles. The molecular weight excluding hydrogens is 759 g/mol. The number of benzene rings is 1. The van der Waals surface area contributed by atoms with E-state index < -0.39 is 99.8 Å². The highest BCUT2D eigenvalue weighted by Gasteiger charge is 2.94. The first-order chi connectivity index (χ1) is 22.3. The van der Waals surface area contributed by atoms with Crippen LogP contribution in [0.25, 0.3) is 0 Å². The van der Waals surface area contributed by atoms with Gasteiger partial charge in [-0.25, -0.2) is 9.59 Å². The molecule has 1 aromatic rings. The lowest BCUT2D eigenvalue weighted by Crippen LogP contribution is -2.72. The van der Waals surface area contributed by atoms with E-state index in [9.17, 15) is 84.2 Å². The van der Waals surface area contributed by atoms with E-state index in [0.717, 1.165) is 7.11 Å². The molecule has 0 aliphatic carbocycles. The third kappa shape index (κ3) is 8.87. The van der Waals surface area contributed by atoms with Crippen LogP contribution in [0.5, 0.6) is 11.5 Å². The van der Waals surface area contributed by atoms with Crippen molar-refractivity contribution in [1.29, 1.82) is 0 Å². The molecule has 294 valence electrons. The van der Waals surface area contributed by atoms with Crippen LogP contribution in [-0.2, 0) is 9.47 Å². The fraction of sp³-hybridized carbons (Fsp3) is 0.615. The zero-order valence-corrected chi connectivity index (χ0v) is 26.5. The minimum atomic E-state index is -8.77. The Morgan fingerprint density at radius 3 is 1.24 bits per heavy atom. The second-order valence-electron chi connectivity index (χ2n) is 11.9. The quantitative estimate of drug-likeness (QED) is 0.171. The van der Waals surface area contributed by atoms with Crippen molar-refractivity contribution in [3.05, 3.63) is 24.0 Å². The highest BCUT2D eigenvalue weighted by molar-refractivity contribution is 5.92. The number of ether oxygens (including phenoxy) is 4. The average molecular weight is 784 g/mol. The molecule has 0 aliphatic rings. The summed E-state index contributed by atoms with van der Waals surface area (Å²) in [4.78, 5) is 24.5. The van der Waals surface area contributed by atoms with Crippen molar-refractivity contribution < 1.29 is 103 Å². The van der Waals surface area contributed by atoms with Gasteiger partial charge in [0.05, 0.1) is 18.5 Å². The second kappa shape index (κ2) is 13.8. The maximum atomic E-state index is 14.7. The lowest BCUT2D eigenvalue weighted by Gasteiger charge is -2.41. The van der Waals surface area contributed by atoms with Gasteiger partial charge in [0.25, 0.3) is 0 Å². The minimum absolute atomic E-state index is 0.237. The van der Waals surface area contributed by atoms with E-state index in [2.05, 4.69) is 4.74 Å². The van der Waals surface area contributed by atoms with Crippen LogP contribution < -0.4 is 20.1 Å². The number of carbonyl (C=O) groups is 2. The predicted octanol–water partition coefficient (Wildman–Crippen LogP) is 10.3. The van der Waals surface area contributed by atoms with Gasteiger partial charge in [-0.15, -0.1) is 0 Å². The van der Waals surface area contributed by atoms with Crippen molar-refractivity contribution in [2.24, 2.45) is 0 Å². The summed E-state index contributed by atoms with van der Waals surface area (Å²) in [6, 6.07) is -3.06. The van der Waals surface area contributed by atoms with E-state index >= 15 is 0 Å². The maximum absolute atomic E-state index is 14.7. The fourth-order valence-electron chi connectivity index (χ4n) is 3.21. The van der Waals surface area contributed by atoms with Gasteiger partial charge in [-0.3, -0.25) is 10.6 Å². The van der Waals surface area contributed by atoms with Gasteiger partial charge in [-0.2, -0.15) is 74.6 Å². The number of amides is 2. The summed E-state index contributed by atoms with van der Waals surface area (Å²) in [5.74, 6) is -57.5. The van der Waals surface area contributed by atoms with Gasteiger partial charge < -0.3 is 18.9 Å². The van der Waals surface area contributed by atoms with E-state index in [1.807, 2.05) is 5.32 Å². The van der Waals surface area contributed by atoms with E-state index in [1.54, 1.807) is 5.32 Å². The number of hydrogen-bond donors (Lipinski definition) is 2. The molecule has 0 radical (unpaired) electrons. The number of anilines is 2. The normalized spacial score (nSPS) is 14.7. The lowest BCUT2D eigenvalue weighted by atomic mass is 9.91. The largest absolute Gasteiger partial charge is 0.494 e. The number of hydrogen-bond acceptors (Lipinski definition) is 6. The standard InChI is InChI=1S/C26H25F17N2O6/c1-18(2,3)50-16(46)44-10-9-13(11(8-12(10)48-7)45-17(47)51-19(4,5)6)49-15(28)14(27)20(29,30)21(31,32)22(33,34)23(35,36)24(37,38)25(39,40)26(41,42)43/h8-9H,1-7H3,(H,44,46)(H,45,47). The molecule has 0 bridgehead atoms. The summed E-state index contributed by atoms with van der Waals surface area (Å²) in [7, 11) is 0.875. The van der Waals surface area contributed by atoms with Crippen molar-refractivity contribution >= 4 is 23.6 Å². The Bertz CT molecular complexity index is 1500. The molecule has 0 saturated carbocycles. The molecular formula is C26H25F17N2O6. The van der Waals surface area contributed by atoms with Crippen LogP contribution in [0.3, 0.4) is 0 Å². The van der Waals surface area contributed by atoms with Crippen LogP contribution >= 0.6 is 0 Å². The van der Waals surface area contributed by atoms with Crippen LogP contribution in [0, 0.1) is 0 Å². The Morgan fingerprint density at radius 2 is 0.882 bits per heavy atom. The first-order valence-corrected chi connectivity index (χ1v) is 13.1. The Hall–Kier alpha value is -4.09. The molecule has 1 aromatic carbocycles. The molecule has 51 heavy (non-hydrogen) atoms. The van der Waals surface area contributed by atoms with Crippen molar-refractivity contribution in [1.82, 2.24) is 0 Å². The number of methoxy groups -OCH3 is 1. The molecule has 8 nitrogen and oxygen atoms in total. The Labute approximate surface area is 275 Å². The summed E-state index contributed by atoms with van der Waals surface area (Å²) < 4.78 is 250. The second-order valence-corrected chi connectivity index (χ2v) is 11.9. The van der Waals surface area contributed by atoms with Crippen LogP contribution in [-0.4, -0.2) is 72.2 Å². The summed E-state index contributed by atoms with van der Waals surface area (Å²) in [6.45, 7) is 7.85. The number of alkyl halides is 15. The predicted molar refractivity (Wildman–Crippen MR) is 138 cm³/mol. The summed E-state index contributed by atoms with van der Waals surface area (Å²) in [5.41, 5.74) is -4.39. The molecule has 0 aliphatic heterocycles. The van der Waals surface area contributed by atoms with E-state index in [1.165, 1.54) is 41.5 Å². The minimum Gasteiger partial charge on any atom is -0.494 e. The van der Waals surface area contributed by atoms with Crippen LogP contribution in [0.2, 0.25) is 0 Å². The zero-order chi connectivity index (χ0) is 40.8. The molecule has 2 amide bonds. The number of nitrogens with one attached hydrogen (secondary N) is 2. The highest BCUT2D eigenvalue weighted by atomic mass is 19.4. The molecule has 0 saturated heterocycles. The van der Waals surface area contributed by atoms with E-state index in [0.29, 0.717) is 6.07 Å². The third-order valence-corrected chi connectivity index (χ3v) is 5.55. The number of carbonyl (C=O) groups excluding carboxylic acids is 2. The number of allylic oxidation sites excluding steroid dienone is 1. The number of halogens is 17. The fourth-order valence-corrected chi connectivity index (χ4v) is 3.21. The van der Waals surface area contributed by atoms with Crippen molar-refractivity contribution in [3.63, 3.8) is 0 Å². The Balaban J connectivity index is 3.89. The molecule has 1 rings (SSSR count).